The standard InChI is InChI=1S/C24H21ClN2O6/c1-11-9-13-16(19(27-23(30)26-13)12-7-5-4-6-8-12)21(28)24(11)22(29)17-14(31-2)10-15(32-3)18(25)20(17)33-24/h4-8,10-11,16,19H,9H2,1-3H3,(H,27,30). The average molecular weight is 469 g/mol. The van der Waals surface area contributed by atoms with Gasteiger partial charge in [-0.25, -0.2) is 9.79 Å². The van der Waals surface area contributed by atoms with Gasteiger partial charge in [0.2, 0.25) is 11.4 Å². The third-order valence-corrected chi connectivity index (χ3v) is 7.01. The first kappa shape index (κ1) is 21.5. The number of rotatable bonds is 3. The molecular formula is C24H21ClN2O6. The van der Waals surface area contributed by atoms with Crippen LogP contribution in [0.2, 0.25) is 5.02 Å². The first-order chi connectivity index (χ1) is 15.8. The molecule has 170 valence electrons. The number of halogens is 1. The molecule has 1 saturated carbocycles. The molecule has 0 aromatic heterocycles. The fourth-order valence-electron chi connectivity index (χ4n) is 5.07. The summed E-state index contributed by atoms with van der Waals surface area (Å²) in [6, 6.07) is 9.45. The van der Waals surface area contributed by atoms with Crippen LogP contribution in [0.4, 0.5) is 4.79 Å². The van der Waals surface area contributed by atoms with Gasteiger partial charge < -0.3 is 19.5 Å². The van der Waals surface area contributed by atoms with Crippen molar-refractivity contribution in [3.05, 3.63) is 52.5 Å². The Morgan fingerprint density at radius 3 is 2.48 bits per heavy atom. The molecule has 2 heterocycles. The first-order valence-electron chi connectivity index (χ1n) is 10.5. The quantitative estimate of drug-likeness (QED) is 0.687. The van der Waals surface area contributed by atoms with Gasteiger partial charge in [0, 0.05) is 17.7 Å². The molecule has 1 fully saturated rings. The topological polar surface area (TPSA) is 103 Å². The fraction of sp³-hybridized carbons (Fsp3) is 0.333. The zero-order valence-corrected chi connectivity index (χ0v) is 18.9. The Bertz CT molecular complexity index is 1230. The van der Waals surface area contributed by atoms with Crippen LogP contribution >= 0.6 is 11.6 Å². The summed E-state index contributed by atoms with van der Waals surface area (Å²) in [5.41, 5.74) is -0.523. The number of amides is 2. The molecule has 33 heavy (non-hydrogen) atoms. The van der Waals surface area contributed by atoms with E-state index in [9.17, 15) is 14.4 Å². The third kappa shape index (κ3) is 2.90. The van der Waals surface area contributed by atoms with Gasteiger partial charge in [0.1, 0.15) is 22.1 Å². The number of fused-ring (bicyclic) bond motifs is 2. The summed E-state index contributed by atoms with van der Waals surface area (Å²) in [6.45, 7) is 1.74. The number of hydrogen-bond donors (Lipinski definition) is 1. The lowest BCUT2D eigenvalue weighted by molar-refractivity contribution is -0.137. The summed E-state index contributed by atoms with van der Waals surface area (Å²) in [7, 11) is 2.85. The highest BCUT2D eigenvalue weighted by molar-refractivity contribution is 6.36. The van der Waals surface area contributed by atoms with E-state index in [1.807, 2.05) is 30.3 Å². The van der Waals surface area contributed by atoms with Crippen LogP contribution in [0, 0.1) is 11.8 Å². The second-order valence-electron chi connectivity index (χ2n) is 8.35. The van der Waals surface area contributed by atoms with Crippen molar-refractivity contribution >= 4 is 34.9 Å². The summed E-state index contributed by atoms with van der Waals surface area (Å²) in [4.78, 5) is 44.4. The molecule has 2 aromatic rings. The number of ether oxygens (including phenoxy) is 3. The molecule has 8 nitrogen and oxygen atoms in total. The third-order valence-electron chi connectivity index (χ3n) is 6.65. The Kier molecular flexibility index (Phi) is 4.93. The first-order valence-corrected chi connectivity index (χ1v) is 10.9. The molecule has 0 radical (unpaired) electrons. The molecular weight excluding hydrogens is 448 g/mol. The summed E-state index contributed by atoms with van der Waals surface area (Å²) in [5, 5.41) is 2.88. The van der Waals surface area contributed by atoms with Gasteiger partial charge in [-0.05, 0) is 12.0 Å². The number of aliphatic imine (C=N–C) groups is 1. The Balaban J connectivity index is 1.66. The lowest BCUT2D eigenvalue weighted by Gasteiger charge is -2.44. The van der Waals surface area contributed by atoms with Crippen molar-refractivity contribution in [2.24, 2.45) is 16.8 Å². The van der Waals surface area contributed by atoms with Crippen LogP contribution in [0.1, 0.15) is 35.3 Å². The Morgan fingerprint density at radius 1 is 1.12 bits per heavy atom. The number of carbonyl (C=O) groups excluding carboxylic acids is 3. The van der Waals surface area contributed by atoms with Crippen LogP contribution in [-0.4, -0.2) is 43.1 Å². The molecule has 5 rings (SSSR count). The molecule has 2 aromatic carbocycles. The van der Waals surface area contributed by atoms with Crippen molar-refractivity contribution in [1.82, 2.24) is 5.32 Å². The molecule has 0 bridgehead atoms. The van der Waals surface area contributed by atoms with Crippen LogP contribution in [0.15, 0.2) is 41.4 Å². The van der Waals surface area contributed by atoms with E-state index in [2.05, 4.69) is 10.3 Å². The predicted molar refractivity (Wildman–Crippen MR) is 120 cm³/mol. The highest BCUT2D eigenvalue weighted by atomic mass is 35.5. The van der Waals surface area contributed by atoms with Gasteiger partial charge in [0.25, 0.3) is 0 Å². The van der Waals surface area contributed by atoms with Crippen LogP contribution in [0.3, 0.4) is 0 Å². The number of benzene rings is 2. The maximum atomic E-state index is 14.1. The number of urea groups is 1. The van der Waals surface area contributed by atoms with E-state index in [0.29, 0.717) is 5.71 Å². The van der Waals surface area contributed by atoms with E-state index in [-0.39, 0.29) is 34.3 Å². The smallest absolute Gasteiger partial charge is 0.341 e. The van der Waals surface area contributed by atoms with Gasteiger partial charge in [0.15, 0.2) is 11.5 Å². The summed E-state index contributed by atoms with van der Waals surface area (Å²) >= 11 is 6.48. The highest BCUT2D eigenvalue weighted by Crippen LogP contribution is 2.54. The van der Waals surface area contributed by atoms with Gasteiger partial charge in [0.05, 0.1) is 26.2 Å². The second kappa shape index (κ2) is 7.59. The van der Waals surface area contributed by atoms with Gasteiger partial charge in [-0.15, -0.1) is 0 Å². The number of ketones is 2. The van der Waals surface area contributed by atoms with E-state index in [4.69, 9.17) is 25.8 Å². The van der Waals surface area contributed by atoms with Crippen LogP contribution < -0.4 is 19.5 Å². The van der Waals surface area contributed by atoms with Gasteiger partial charge in [-0.1, -0.05) is 48.9 Å². The SMILES string of the molecule is COc1cc(OC)c2c(c1Cl)OC1(C2=O)C(=O)C2C(=NC(=O)NC2c2ccccc2)CC1C. The summed E-state index contributed by atoms with van der Waals surface area (Å²) in [5.74, 6) is -1.88. The zero-order chi connectivity index (χ0) is 23.5. The lowest BCUT2D eigenvalue weighted by atomic mass is 9.64. The number of nitrogens with zero attached hydrogens (tertiary/aromatic N) is 1. The normalized spacial score (nSPS) is 27.9. The van der Waals surface area contributed by atoms with Crippen LogP contribution in [-0.2, 0) is 4.79 Å². The van der Waals surface area contributed by atoms with Crippen LogP contribution in [0.25, 0.3) is 0 Å². The molecule has 1 N–H and O–H groups in total. The van der Waals surface area contributed by atoms with Gasteiger partial charge >= 0.3 is 6.03 Å². The van der Waals surface area contributed by atoms with Crippen LogP contribution in [0.5, 0.6) is 17.2 Å². The van der Waals surface area contributed by atoms with Crippen molar-refractivity contribution in [2.75, 3.05) is 14.2 Å². The minimum atomic E-state index is -1.82. The highest BCUT2D eigenvalue weighted by Gasteiger charge is 2.65. The number of carbonyl (C=O) groups is 3. The molecule has 4 atom stereocenters. The Morgan fingerprint density at radius 2 is 1.82 bits per heavy atom. The van der Waals surface area contributed by atoms with Crippen molar-refractivity contribution in [1.29, 1.82) is 0 Å². The molecule has 1 spiro atoms. The van der Waals surface area contributed by atoms with E-state index in [1.54, 1.807) is 6.92 Å². The molecule has 2 amide bonds. The Labute approximate surface area is 194 Å². The maximum Gasteiger partial charge on any atom is 0.341 e. The minimum absolute atomic E-state index is 0.0644. The summed E-state index contributed by atoms with van der Waals surface area (Å²) in [6.07, 6.45) is 0.240. The molecule has 3 aliphatic rings. The molecule has 2 aliphatic heterocycles. The molecule has 0 saturated heterocycles. The van der Waals surface area contributed by atoms with Gasteiger partial charge in [-0.2, -0.15) is 0 Å². The van der Waals surface area contributed by atoms with E-state index in [0.717, 1.165) is 5.56 Å². The Hall–Kier alpha value is -3.39. The van der Waals surface area contributed by atoms with E-state index in [1.165, 1.54) is 20.3 Å². The van der Waals surface area contributed by atoms with Crippen molar-refractivity contribution in [3.63, 3.8) is 0 Å². The lowest BCUT2D eigenvalue weighted by Crippen LogP contribution is -2.64. The molecule has 9 heteroatoms. The number of methoxy groups -OCH3 is 2. The number of nitrogens with one attached hydrogen (secondary N) is 1. The van der Waals surface area contributed by atoms with E-state index >= 15 is 0 Å². The van der Waals surface area contributed by atoms with E-state index < -0.39 is 41.1 Å². The monoisotopic (exact) mass is 468 g/mol. The second-order valence-corrected chi connectivity index (χ2v) is 8.73. The summed E-state index contributed by atoms with van der Waals surface area (Å²) < 4.78 is 16.9. The zero-order valence-electron chi connectivity index (χ0n) is 18.2. The number of hydrogen-bond acceptors (Lipinski definition) is 6. The molecule has 1 aliphatic carbocycles. The molecule has 4 unspecified atom stereocenters. The van der Waals surface area contributed by atoms with Gasteiger partial charge in [-0.3, -0.25) is 9.59 Å². The number of Topliss-reactive ketones (excluding diaryl/α,β-unsaturated/α-hetero) is 2. The van der Waals surface area contributed by atoms with Crippen molar-refractivity contribution in [2.45, 2.75) is 25.0 Å². The largest absolute Gasteiger partial charge is 0.496 e. The predicted octanol–water partition coefficient (Wildman–Crippen LogP) is 3.80. The average Bonchev–Trinajstić information content (AvgIpc) is 3.13. The van der Waals surface area contributed by atoms with Crippen molar-refractivity contribution < 1.29 is 28.6 Å². The fourth-order valence-corrected chi connectivity index (χ4v) is 5.34. The van der Waals surface area contributed by atoms with Crippen molar-refractivity contribution in [3.8, 4) is 17.2 Å². The maximum absolute atomic E-state index is 14.1. The minimum Gasteiger partial charge on any atom is -0.496 e.